The van der Waals surface area contributed by atoms with Crippen LogP contribution in [0.4, 0.5) is 4.79 Å². The van der Waals surface area contributed by atoms with Crippen LogP contribution in [0.5, 0.6) is 0 Å². The van der Waals surface area contributed by atoms with Gasteiger partial charge in [-0.2, -0.15) is 0 Å². The van der Waals surface area contributed by atoms with Crippen LogP contribution in [0, 0.1) is 17.3 Å². The van der Waals surface area contributed by atoms with E-state index in [4.69, 9.17) is 4.74 Å². The highest BCUT2D eigenvalue weighted by atomic mass is 16.5. The third kappa shape index (κ3) is 3.87. The Labute approximate surface area is 204 Å². The van der Waals surface area contributed by atoms with E-state index in [0.717, 1.165) is 19.3 Å². The molecule has 2 aromatic rings. The van der Waals surface area contributed by atoms with Crippen molar-refractivity contribution in [3.05, 3.63) is 59.7 Å². The quantitative estimate of drug-likeness (QED) is 0.683. The van der Waals surface area contributed by atoms with Crippen molar-refractivity contribution in [2.45, 2.75) is 44.1 Å². The van der Waals surface area contributed by atoms with Gasteiger partial charge in [0.2, 0.25) is 5.91 Å². The average Bonchev–Trinajstić information content (AvgIpc) is 3.18. The van der Waals surface area contributed by atoms with Gasteiger partial charge in [-0.3, -0.25) is 9.59 Å². The molecule has 1 saturated heterocycles. The molecule has 1 aliphatic heterocycles. The predicted molar refractivity (Wildman–Crippen MR) is 129 cm³/mol. The summed E-state index contributed by atoms with van der Waals surface area (Å²) in [5, 5.41) is 12.5. The number of rotatable bonds is 5. The summed E-state index contributed by atoms with van der Waals surface area (Å²) >= 11 is 0. The number of carbonyl (C=O) groups is 3. The summed E-state index contributed by atoms with van der Waals surface area (Å²) in [7, 11) is 0. The number of nitrogens with zero attached hydrogens (tertiary/aromatic N) is 1. The summed E-state index contributed by atoms with van der Waals surface area (Å²) in [4.78, 5) is 39.1. The van der Waals surface area contributed by atoms with Crippen LogP contribution in [0.3, 0.4) is 0 Å². The topological polar surface area (TPSA) is 95.9 Å². The Kier molecular flexibility index (Phi) is 5.31. The van der Waals surface area contributed by atoms with Gasteiger partial charge in [-0.15, -0.1) is 0 Å². The van der Waals surface area contributed by atoms with Gasteiger partial charge in [-0.05, 0) is 54.4 Å². The molecular weight excluding hydrogens is 444 g/mol. The molecule has 35 heavy (non-hydrogen) atoms. The van der Waals surface area contributed by atoms with Crippen molar-refractivity contribution in [2.24, 2.45) is 17.3 Å². The molecule has 3 atom stereocenters. The number of carboxylic acids is 1. The number of fused-ring (bicyclic) bond motifs is 3. The molecule has 0 radical (unpaired) electrons. The lowest BCUT2D eigenvalue weighted by molar-refractivity contribution is -0.143. The second-order valence-corrected chi connectivity index (χ2v) is 10.6. The molecular formula is C28H30N2O5. The maximum atomic E-state index is 13.1. The Morgan fingerprint density at radius 2 is 1.66 bits per heavy atom. The van der Waals surface area contributed by atoms with Crippen molar-refractivity contribution in [1.29, 1.82) is 0 Å². The SMILES string of the molecule is O=C(NC1CCC(C(=O)N2CC(C(=O)O)C3(CC3)C2)C1)OCC1c2ccccc2-c2ccccc21. The van der Waals surface area contributed by atoms with E-state index in [9.17, 15) is 19.5 Å². The molecule has 7 heteroatoms. The smallest absolute Gasteiger partial charge is 0.407 e. The highest BCUT2D eigenvalue weighted by Crippen LogP contribution is 2.56. The number of benzene rings is 2. The van der Waals surface area contributed by atoms with Crippen LogP contribution >= 0.6 is 0 Å². The summed E-state index contributed by atoms with van der Waals surface area (Å²) < 4.78 is 5.66. The number of likely N-dealkylation sites (tertiary alicyclic amines) is 1. The third-order valence-corrected chi connectivity index (χ3v) is 8.60. The fourth-order valence-corrected chi connectivity index (χ4v) is 6.55. The Bertz CT molecular complexity index is 1140. The van der Waals surface area contributed by atoms with E-state index in [-0.39, 0.29) is 35.8 Å². The molecule has 3 unspecified atom stereocenters. The summed E-state index contributed by atoms with van der Waals surface area (Å²) in [5.74, 6) is -1.35. The molecule has 4 aliphatic rings. The highest BCUT2D eigenvalue weighted by molar-refractivity contribution is 5.82. The first-order valence-corrected chi connectivity index (χ1v) is 12.6. The van der Waals surface area contributed by atoms with Gasteiger partial charge in [-0.1, -0.05) is 48.5 Å². The van der Waals surface area contributed by atoms with E-state index in [0.29, 0.717) is 25.9 Å². The van der Waals surface area contributed by atoms with Gasteiger partial charge in [0.1, 0.15) is 6.61 Å². The maximum absolute atomic E-state index is 13.1. The van der Waals surface area contributed by atoms with Gasteiger partial charge >= 0.3 is 12.1 Å². The Morgan fingerprint density at radius 1 is 1.00 bits per heavy atom. The molecule has 2 N–H and O–H groups in total. The number of carbonyl (C=O) groups excluding carboxylic acids is 2. The Morgan fingerprint density at radius 3 is 2.26 bits per heavy atom. The van der Waals surface area contributed by atoms with Gasteiger partial charge < -0.3 is 20.1 Å². The zero-order valence-corrected chi connectivity index (χ0v) is 19.6. The molecule has 2 saturated carbocycles. The zero-order valence-electron chi connectivity index (χ0n) is 19.6. The first-order chi connectivity index (χ1) is 16.9. The minimum absolute atomic E-state index is 0.0122. The van der Waals surface area contributed by atoms with Crippen molar-refractivity contribution in [2.75, 3.05) is 19.7 Å². The molecule has 0 aromatic heterocycles. The largest absolute Gasteiger partial charge is 0.481 e. The number of amides is 2. The van der Waals surface area contributed by atoms with Gasteiger partial charge in [0, 0.05) is 36.4 Å². The highest BCUT2D eigenvalue weighted by Gasteiger charge is 2.59. The summed E-state index contributed by atoms with van der Waals surface area (Å²) in [6, 6.07) is 16.4. The van der Waals surface area contributed by atoms with Gasteiger partial charge in [-0.25, -0.2) is 4.79 Å². The minimum atomic E-state index is -0.793. The first-order valence-electron chi connectivity index (χ1n) is 12.6. The molecule has 2 amide bonds. The lowest BCUT2D eigenvalue weighted by Gasteiger charge is -2.21. The summed E-state index contributed by atoms with van der Waals surface area (Å²) in [6.45, 7) is 1.14. The molecule has 1 heterocycles. The molecule has 3 fully saturated rings. The standard InChI is InChI=1S/C28H30N2O5/c31-25(30-14-24(26(32)33)28(16-30)11-12-28)17-9-10-18(13-17)29-27(34)35-15-23-21-7-3-1-5-19(21)20-6-2-4-8-22(20)23/h1-8,17-18,23-24H,9-16H2,(H,29,34)(H,32,33). The van der Waals surface area contributed by atoms with Gasteiger partial charge in [0.25, 0.3) is 0 Å². The Hall–Kier alpha value is -3.35. The number of hydrogen-bond acceptors (Lipinski definition) is 4. The number of ether oxygens (including phenoxy) is 1. The second-order valence-electron chi connectivity index (χ2n) is 10.6. The van der Waals surface area contributed by atoms with Crippen molar-refractivity contribution in [1.82, 2.24) is 10.2 Å². The van der Waals surface area contributed by atoms with Crippen LogP contribution in [0.2, 0.25) is 0 Å². The summed E-state index contributed by atoms with van der Waals surface area (Å²) in [5.41, 5.74) is 4.53. The number of carboxylic acid groups (broad SMARTS) is 1. The number of alkyl carbamates (subject to hydrolysis) is 1. The maximum Gasteiger partial charge on any atom is 0.407 e. The first kappa shape index (κ1) is 22.1. The van der Waals surface area contributed by atoms with Gasteiger partial charge in [0.15, 0.2) is 0 Å². The average molecular weight is 475 g/mol. The number of aliphatic carboxylic acids is 1. The van der Waals surface area contributed by atoms with Crippen LogP contribution in [0.1, 0.15) is 49.1 Å². The molecule has 182 valence electrons. The van der Waals surface area contributed by atoms with Crippen molar-refractivity contribution < 1.29 is 24.2 Å². The van der Waals surface area contributed by atoms with Crippen molar-refractivity contribution >= 4 is 18.0 Å². The lowest BCUT2D eigenvalue weighted by atomic mass is 9.93. The fourth-order valence-electron chi connectivity index (χ4n) is 6.55. The van der Waals surface area contributed by atoms with Crippen molar-refractivity contribution in [3.63, 3.8) is 0 Å². The van der Waals surface area contributed by atoms with Crippen molar-refractivity contribution in [3.8, 4) is 11.1 Å². The third-order valence-electron chi connectivity index (χ3n) is 8.60. The van der Waals surface area contributed by atoms with Crippen LogP contribution in [0.25, 0.3) is 11.1 Å². The van der Waals surface area contributed by atoms with E-state index in [1.165, 1.54) is 22.3 Å². The predicted octanol–water partition coefficient (Wildman–Crippen LogP) is 4.02. The van der Waals surface area contributed by atoms with Crippen LogP contribution in [0.15, 0.2) is 48.5 Å². The molecule has 6 rings (SSSR count). The van der Waals surface area contributed by atoms with Crippen LogP contribution in [-0.2, 0) is 14.3 Å². The fraction of sp³-hybridized carbons (Fsp3) is 0.464. The number of nitrogens with one attached hydrogen (secondary N) is 1. The molecule has 3 aliphatic carbocycles. The molecule has 2 aromatic carbocycles. The molecule has 0 bridgehead atoms. The summed E-state index contributed by atoms with van der Waals surface area (Å²) in [6.07, 6.45) is 3.34. The normalized spacial score (nSPS) is 25.8. The van der Waals surface area contributed by atoms with E-state index in [1.807, 2.05) is 24.3 Å². The molecule has 7 nitrogen and oxygen atoms in total. The minimum Gasteiger partial charge on any atom is -0.481 e. The van der Waals surface area contributed by atoms with E-state index in [2.05, 4.69) is 29.6 Å². The van der Waals surface area contributed by atoms with E-state index >= 15 is 0 Å². The van der Waals surface area contributed by atoms with Gasteiger partial charge in [0.05, 0.1) is 5.92 Å². The van der Waals surface area contributed by atoms with E-state index < -0.39 is 18.0 Å². The number of hydrogen-bond donors (Lipinski definition) is 2. The lowest BCUT2D eigenvalue weighted by Crippen LogP contribution is -2.37. The molecule has 1 spiro atoms. The van der Waals surface area contributed by atoms with Crippen LogP contribution < -0.4 is 5.32 Å². The zero-order chi connectivity index (χ0) is 24.2. The van der Waals surface area contributed by atoms with Crippen LogP contribution in [-0.4, -0.2) is 53.7 Å². The second kappa shape index (κ2) is 8.40. The Balaban J connectivity index is 1.03. The van der Waals surface area contributed by atoms with E-state index in [1.54, 1.807) is 4.90 Å². The monoisotopic (exact) mass is 474 g/mol.